The van der Waals surface area contributed by atoms with Gasteiger partial charge < -0.3 is 0 Å². The summed E-state index contributed by atoms with van der Waals surface area (Å²) in [4.78, 5) is 11.9. The molecule has 0 heterocycles. The summed E-state index contributed by atoms with van der Waals surface area (Å²) in [7, 11) is 2.81. The number of esters is 1. The van der Waals surface area contributed by atoms with Crippen molar-refractivity contribution in [3.63, 3.8) is 0 Å². The van der Waals surface area contributed by atoms with Crippen LogP contribution in [0.1, 0.15) is 13.8 Å². The Morgan fingerprint density at radius 3 is 2.36 bits per heavy atom. The van der Waals surface area contributed by atoms with Gasteiger partial charge in [-0.05, 0) is 0 Å². The number of hydrogen-bond acceptors (Lipinski definition) is 5. The van der Waals surface area contributed by atoms with E-state index < -0.39 is 16.5 Å². The molecule has 0 aliphatic carbocycles. The second-order valence-electron chi connectivity index (χ2n) is 4.58. The van der Waals surface area contributed by atoms with E-state index in [4.69, 9.17) is 14.2 Å². The van der Waals surface area contributed by atoms with Gasteiger partial charge in [0, 0.05) is 0 Å². The van der Waals surface area contributed by atoms with Gasteiger partial charge in [0.2, 0.25) is 0 Å². The molecule has 0 spiro atoms. The van der Waals surface area contributed by atoms with Gasteiger partial charge in [-0.25, -0.2) is 0 Å². The van der Waals surface area contributed by atoms with Crippen LogP contribution in [-0.2, 0) is 19.0 Å². The van der Waals surface area contributed by atoms with Crippen molar-refractivity contribution < 1.29 is 19.0 Å². The molecule has 0 radical (unpaired) electrons. The number of hydrogen-bond donors (Lipinski definition) is 0. The van der Waals surface area contributed by atoms with E-state index in [0.717, 1.165) is 4.46 Å². The van der Waals surface area contributed by atoms with Gasteiger partial charge in [0.05, 0.1) is 0 Å². The molecule has 5 nitrogen and oxygen atoms in total. The van der Waals surface area contributed by atoms with Crippen LogP contribution in [-0.4, -0.2) is 47.5 Å². The number of rotatable bonds is 8. The van der Waals surface area contributed by atoms with Gasteiger partial charge in [-0.15, -0.1) is 0 Å². The molecule has 0 amide bonds. The van der Waals surface area contributed by atoms with Gasteiger partial charge in [0.15, 0.2) is 0 Å². The second kappa shape index (κ2) is 8.92. The molecule has 0 saturated heterocycles. The first-order valence-corrected chi connectivity index (χ1v) is 8.79. The maximum atomic E-state index is 12.4. The Morgan fingerprint density at radius 2 is 1.91 bits per heavy atom. The zero-order chi connectivity index (χ0) is 16.6. The number of nitrogens with zero attached hydrogens (tertiary/aromatic N) is 1. The third-order valence-corrected chi connectivity index (χ3v) is 6.28. The zero-order valence-electron chi connectivity index (χ0n) is 13.2. The Kier molecular flexibility index (Phi) is 7.57. The zero-order valence-corrected chi connectivity index (χ0v) is 15.0. The maximum absolute atomic E-state index is 12.4. The van der Waals surface area contributed by atoms with Crippen LogP contribution in [0.4, 0.5) is 0 Å². The Bertz CT molecular complexity index is 511. The molecule has 0 saturated carbocycles. The van der Waals surface area contributed by atoms with E-state index in [9.17, 15) is 10.1 Å². The van der Waals surface area contributed by atoms with Crippen LogP contribution in [0.15, 0.2) is 30.3 Å². The van der Waals surface area contributed by atoms with Crippen LogP contribution in [0, 0.1) is 17.2 Å². The van der Waals surface area contributed by atoms with Crippen molar-refractivity contribution >= 4 is 25.4 Å². The number of ether oxygens (including phenoxy) is 3. The number of nitriles is 1. The minimum atomic E-state index is -1.46. The standard InChI is InChI=1S/C16H21NO4Se/c1-5-21-15(18)14(22-13-9-7-6-8-10-13)12(2)16(11-17,19-3)20-4/h6-10,12,14H,5H2,1-4H3/t12-,14-/m0/s1. The predicted molar refractivity (Wildman–Crippen MR) is 83.7 cm³/mol. The first-order chi connectivity index (χ1) is 10.5. The Morgan fingerprint density at radius 1 is 1.32 bits per heavy atom. The van der Waals surface area contributed by atoms with E-state index in [2.05, 4.69) is 0 Å². The van der Waals surface area contributed by atoms with Gasteiger partial charge >= 0.3 is 137 Å². The van der Waals surface area contributed by atoms with Crippen LogP contribution < -0.4 is 4.46 Å². The van der Waals surface area contributed by atoms with Crippen molar-refractivity contribution in [2.24, 2.45) is 5.92 Å². The quantitative estimate of drug-likeness (QED) is 0.394. The second-order valence-corrected chi connectivity index (χ2v) is 7.13. The fraction of sp³-hybridized carbons (Fsp3) is 0.500. The molecule has 0 unspecified atom stereocenters. The molecule has 0 aromatic heterocycles. The van der Waals surface area contributed by atoms with Crippen molar-refractivity contribution in [3.05, 3.63) is 30.3 Å². The average Bonchev–Trinajstić information content (AvgIpc) is 2.55. The monoisotopic (exact) mass is 371 g/mol. The van der Waals surface area contributed by atoms with Crippen LogP contribution in [0.2, 0.25) is 4.82 Å². The summed E-state index contributed by atoms with van der Waals surface area (Å²) in [6.45, 7) is 3.84. The molecule has 2 atom stereocenters. The molecule has 0 fully saturated rings. The molecule has 1 aromatic carbocycles. The molecule has 6 heteroatoms. The van der Waals surface area contributed by atoms with E-state index >= 15 is 0 Å². The van der Waals surface area contributed by atoms with Crippen LogP contribution in [0.5, 0.6) is 0 Å². The van der Waals surface area contributed by atoms with E-state index in [1.165, 1.54) is 14.2 Å². The molecule has 0 N–H and O–H groups in total. The number of methoxy groups -OCH3 is 2. The van der Waals surface area contributed by atoms with E-state index in [-0.39, 0.29) is 20.9 Å². The summed E-state index contributed by atoms with van der Waals surface area (Å²) in [5.41, 5.74) is 0. The van der Waals surface area contributed by atoms with Gasteiger partial charge in [-0.3, -0.25) is 0 Å². The summed E-state index contributed by atoms with van der Waals surface area (Å²) >= 11 is -0.202. The van der Waals surface area contributed by atoms with Gasteiger partial charge in [-0.2, -0.15) is 0 Å². The summed E-state index contributed by atoms with van der Waals surface area (Å²) in [6.07, 6.45) is 0. The Labute approximate surface area is 137 Å². The molecule has 22 heavy (non-hydrogen) atoms. The topological polar surface area (TPSA) is 68.6 Å². The SMILES string of the molecule is CCOC(=O)[C@@H]([Se]c1ccccc1)[C@H](C)C(C#N)(OC)OC. The molecule has 1 aromatic rings. The predicted octanol–water partition coefficient (Wildman–Crippen LogP) is 1.52. The fourth-order valence-electron chi connectivity index (χ4n) is 2.07. The fourth-order valence-corrected chi connectivity index (χ4v) is 4.50. The van der Waals surface area contributed by atoms with E-state index in [0.29, 0.717) is 6.61 Å². The minimum absolute atomic E-state index is 0.202. The molecule has 0 bridgehead atoms. The molecule has 0 aliphatic heterocycles. The van der Waals surface area contributed by atoms with Crippen LogP contribution in [0.25, 0.3) is 0 Å². The number of benzene rings is 1. The van der Waals surface area contributed by atoms with Crippen molar-refractivity contribution in [2.45, 2.75) is 24.5 Å². The summed E-state index contributed by atoms with van der Waals surface area (Å²) in [5, 5.41) is 9.43. The normalized spacial score (nSPS) is 14.0. The van der Waals surface area contributed by atoms with Gasteiger partial charge in [-0.1, -0.05) is 0 Å². The summed E-state index contributed by atoms with van der Waals surface area (Å²) < 4.78 is 16.8. The number of carbonyl (C=O) groups excluding carboxylic acids is 1. The molecule has 120 valence electrons. The van der Waals surface area contributed by atoms with Crippen molar-refractivity contribution in [3.8, 4) is 6.07 Å². The Hall–Kier alpha value is -1.38. The summed E-state index contributed by atoms with van der Waals surface area (Å²) in [6, 6.07) is 11.7. The van der Waals surface area contributed by atoms with Crippen molar-refractivity contribution in [2.75, 3.05) is 20.8 Å². The van der Waals surface area contributed by atoms with Crippen LogP contribution in [0.3, 0.4) is 0 Å². The first-order valence-electron chi connectivity index (χ1n) is 6.94. The number of carbonyl (C=O) groups is 1. The van der Waals surface area contributed by atoms with Crippen molar-refractivity contribution in [1.29, 1.82) is 5.26 Å². The average molecular weight is 370 g/mol. The molecule has 1 rings (SSSR count). The molecular formula is C16H21NO4Se. The van der Waals surface area contributed by atoms with Gasteiger partial charge in [0.25, 0.3) is 0 Å². The third-order valence-electron chi connectivity index (χ3n) is 3.34. The van der Waals surface area contributed by atoms with E-state index in [1.807, 2.05) is 36.4 Å². The van der Waals surface area contributed by atoms with Crippen LogP contribution >= 0.6 is 0 Å². The first kappa shape index (κ1) is 18.7. The van der Waals surface area contributed by atoms with Crippen molar-refractivity contribution in [1.82, 2.24) is 0 Å². The van der Waals surface area contributed by atoms with Gasteiger partial charge in [0.1, 0.15) is 0 Å². The summed E-state index contributed by atoms with van der Waals surface area (Å²) in [5.74, 6) is -2.26. The molecular weight excluding hydrogens is 349 g/mol. The Balaban J connectivity index is 3.09. The molecule has 0 aliphatic rings. The third kappa shape index (κ3) is 4.31. The van der Waals surface area contributed by atoms with E-state index in [1.54, 1.807) is 13.8 Å².